The van der Waals surface area contributed by atoms with E-state index in [0.717, 1.165) is 12.8 Å². The van der Waals surface area contributed by atoms with E-state index in [2.05, 4.69) is 5.32 Å². The molecule has 1 aliphatic rings. The van der Waals surface area contributed by atoms with Crippen molar-refractivity contribution in [3.8, 4) is 0 Å². The summed E-state index contributed by atoms with van der Waals surface area (Å²) in [5.74, 6) is -2.17. The highest BCUT2D eigenvalue weighted by Crippen LogP contribution is 2.46. The highest BCUT2D eigenvalue weighted by Gasteiger charge is 2.45. The highest BCUT2D eigenvalue weighted by molar-refractivity contribution is 7.90. The van der Waals surface area contributed by atoms with E-state index in [1.165, 1.54) is 18.4 Å². The molecule has 2 rings (SSSR count). The first-order chi connectivity index (χ1) is 9.21. The van der Waals surface area contributed by atoms with Crippen molar-refractivity contribution in [3.05, 3.63) is 23.7 Å². The van der Waals surface area contributed by atoms with Gasteiger partial charge in [0.25, 0.3) is 5.91 Å². The SMILES string of the molecule is CS(=O)(=O)CC1(CNC(=O)c2ccc(C(=O)O)o2)CC1. The highest BCUT2D eigenvalue weighted by atomic mass is 32.2. The number of furan rings is 1. The molecule has 1 aliphatic carbocycles. The lowest BCUT2D eigenvalue weighted by Gasteiger charge is -2.14. The number of carbonyl (C=O) groups is 2. The zero-order chi connectivity index (χ0) is 15.0. The maximum atomic E-state index is 11.8. The summed E-state index contributed by atoms with van der Waals surface area (Å²) in [6.45, 7) is 0.238. The van der Waals surface area contributed by atoms with Crippen LogP contribution in [0.4, 0.5) is 0 Å². The maximum Gasteiger partial charge on any atom is 0.371 e. The van der Waals surface area contributed by atoms with Gasteiger partial charge in [0.1, 0.15) is 9.84 Å². The predicted molar refractivity (Wildman–Crippen MR) is 69.4 cm³/mol. The van der Waals surface area contributed by atoms with Crippen LogP contribution in [0.3, 0.4) is 0 Å². The molecule has 1 amide bonds. The molecule has 8 heteroatoms. The number of sulfone groups is 1. The zero-order valence-corrected chi connectivity index (χ0v) is 11.7. The number of carbonyl (C=O) groups excluding carboxylic acids is 1. The normalized spacial score (nSPS) is 16.6. The minimum atomic E-state index is -3.09. The third-order valence-electron chi connectivity index (χ3n) is 3.19. The number of carboxylic acid groups (broad SMARTS) is 1. The fourth-order valence-corrected chi connectivity index (χ4v) is 3.54. The van der Waals surface area contributed by atoms with Crippen molar-refractivity contribution in [2.24, 2.45) is 5.41 Å². The number of carboxylic acids is 1. The summed E-state index contributed by atoms with van der Waals surface area (Å²) in [5.41, 5.74) is -0.383. The Bertz CT molecular complexity index is 641. The fraction of sp³-hybridized carbons (Fsp3) is 0.500. The van der Waals surface area contributed by atoms with Crippen LogP contribution in [0.1, 0.15) is 34.0 Å². The summed E-state index contributed by atoms with van der Waals surface area (Å²) in [4.78, 5) is 22.4. The second-order valence-electron chi connectivity index (χ2n) is 5.22. The van der Waals surface area contributed by atoms with Crippen LogP contribution >= 0.6 is 0 Å². The molecule has 1 fully saturated rings. The first kappa shape index (κ1) is 14.6. The second-order valence-corrected chi connectivity index (χ2v) is 7.36. The van der Waals surface area contributed by atoms with Crippen molar-refractivity contribution in [1.29, 1.82) is 0 Å². The Kier molecular flexibility index (Phi) is 3.59. The molecule has 0 atom stereocenters. The molecular weight excluding hydrogens is 286 g/mol. The Morgan fingerprint density at radius 3 is 2.40 bits per heavy atom. The van der Waals surface area contributed by atoms with Gasteiger partial charge in [0.15, 0.2) is 5.76 Å². The van der Waals surface area contributed by atoms with Gasteiger partial charge >= 0.3 is 5.97 Å². The Morgan fingerprint density at radius 1 is 1.35 bits per heavy atom. The number of hydrogen-bond donors (Lipinski definition) is 2. The summed E-state index contributed by atoms with van der Waals surface area (Å²) in [5, 5.41) is 11.3. The van der Waals surface area contributed by atoms with E-state index in [1.54, 1.807) is 0 Å². The van der Waals surface area contributed by atoms with Crippen molar-refractivity contribution in [2.45, 2.75) is 12.8 Å². The van der Waals surface area contributed by atoms with Crippen molar-refractivity contribution in [2.75, 3.05) is 18.6 Å². The van der Waals surface area contributed by atoms with Gasteiger partial charge in [-0.15, -0.1) is 0 Å². The second kappa shape index (κ2) is 4.93. The average Bonchev–Trinajstić information content (AvgIpc) is 2.90. The van der Waals surface area contributed by atoms with Crippen molar-refractivity contribution >= 4 is 21.7 Å². The Labute approximate surface area is 115 Å². The largest absolute Gasteiger partial charge is 0.475 e. The van der Waals surface area contributed by atoms with Gasteiger partial charge in [-0.2, -0.15) is 0 Å². The predicted octanol–water partition coefficient (Wildman–Crippen LogP) is 0.532. The van der Waals surface area contributed by atoms with E-state index in [0.29, 0.717) is 0 Å². The lowest BCUT2D eigenvalue weighted by Crippen LogP contribution is -2.33. The monoisotopic (exact) mass is 301 g/mol. The van der Waals surface area contributed by atoms with E-state index < -0.39 is 21.7 Å². The smallest absolute Gasteiger partial charge is 0.371 e. The number of rotatable bonds is 6. The molecule has 7 nitrogen and oxygen atoms in total. The molecule has 1 aromatic rings. The number of amides is 1. The summed E-state index contributed by atoms with van der Waals surface area (Å²) >= 11 is 0. The summed E-state index contributed by atoms with van der Waals surface area (Å²) in [7, 11) is -3.09. The summed E-state index contributed by atoms with van der Waals surface area (Å²) < 4.78 is 27.4. The van der Waals surface area contributed by atoms with E-state index in [9.17, 15) is 18.0 Å². The van der Waals surface area contributed by atoms with Gasteiger partial charge in [0.05, 0.1) is 5.75 Å². The molecule has 0 aliphatic heterocycles. The molecule has 110 valence electrons. The van der Waals surface area contributed by atoms with Gasteiger partial charge in [-0.3, -0.25) is 4.79 Å². The Hall–Kier alpha value is -1.83. The molecule has 0 saturated heterocycles. The van der Waals surface area contributed by atoms with Crippen LogP contribution in [-0.2, 0) is 9.84 Å². The minimum absolute atomic E-state index is 0.0405. The Morgan fingerprint density at radius 2 is 1.95 bits per heavy atom. The molecule has 1 aromatic heterocycles. The minimum Gasteiger partial charge on any atom is -0.475 e. The van der Waals surface area contributed by atoms with Gasteiger partial charge in [0, 0.05) is 18.2 Å². The van der Waals surface area contributed by atoms with E-state index in [4.69, 9.17) is 9.52 Å². The lowest BCUT2D eigenvalue weighted by molar-refractivity contribution is 0.0659. The molecule has 1 heterocycles. The van der Waals surface area contributed by atoms with E-state index >= 15 is 0 Å². The van der Waals surface area contributed by atoms with Crippen LogP contribution in [0.2, 0.25) is 0 Å². The molecule has 0 aromatic carbocycles. The lowest BCUT2D eigenvalue weighted by atomic mass is 10.1. The molecular formula is C12H15NO6S. The van der Waals surface area contributed by atoms with E-state index in [1.807, 2.05) is 0 Å². The zero-order valence-electron chi connectivity index (χ0n) is 10.9. The standard InChI is InChI=1S/C12H15NO6S/c1-20(17,18)7-12(4-5-12)6-13-10(14)8-2-3-9(19-8)11(15)16/h2-3H,4-7H2,1H3,(H,13,14)(H,15,16). The molecule has 20 heavy (non-hydrogen) atoms. The topological polar surface area (TPSA) is 114 Å². The average molecular weight is 301 g/mol. The van der Waals surface area contributed by atoms with Gasteiger partial charge in [0.2, 0.25) is 5.76 Å². The number of aromatic carboxylic acids is 1. The number of nitrogens with one attached hydrogen (secondary N) is 1. The van der Waals surface area contributed by atoms with Gasteiger partial charge in [-0.05, 0) is 25.0 Å². The van der Waals surface area contributed by atoms with Gasteiger partial charge in [-0.25, -0.2) is 13.2 Å². The van der Waals surface area contributed by atoms with Crippen LogP contribution in [0.25, 0.3) is 0 Å². The van der Waals surface area contributed by atoms with Crippen LogP contribution in [0.15, 0.2) is 16.5 Å². The summed E-state index contributed by atoms with van der Waals surface area (Å²) in [6.07, 6.45) is 2.66. The van der Waals surface area contributed by atoms with Gasteiger partial charge < -0.3 is 14.8 Å². The van der Waals surface area contributed by atoms with Crippen molar-refractivity contribution < 1.29 is 27.5 Å². The van der Waals surface area contributed by atoms with Crippen LogP contribution in [0.5, 0.6) is 0 Å². The van der Waals surface area contributed by atoms with Crippen LogP contribution < -0.4 is 5.32 Å². The molecule has 0 bridgehead atoms. The van der Waals surface area contributed by atoms with E-state index in [-0.39, 0.29) is 29.2 Å². The quantitative estimate of drug-likeness (QED) is 0.792. The third kappa shape index (κ3) is 3.60. The summed E-state index contributed by atoms with van der Waals surface area (Å²) in [6, 6.07) is 2.47. The molecule has 0 spiro atoms. The fourth-order valence-electron chi connectivity index (χ4n) is 2.03. The van der Waals surface area contributed by atoms with Crippen molar-refractivity contribution in [3.63, 3.8) is 0 Å². The Balaban J connectivity index is 1.94. The third-order valence-corrected chi connectivity index (χ3v) is 4.33. The van der Waals surface area contributed by atoms with Crippen LogP contribution in [-0.4, -0.2) is 44.0 Å². The molecule has 1 saturated carbocycles. The van der Waals surface area contributed by atoms with Crippen LogP contribution in [0, 0.1) is 5.41 Å². The molecule has 0 unspecified atom stereocenters. The number of hydrogen-bond acceptors (Lipinski definition) is 5. The molecule has 0 radical (unpaired) electrons. The van der Waals surface area contributed by atoms with Gasteiger partial charge in [-0.1, -0.05) is 0 Å². The molecule has 2 N–H and O–H groups in total. The maximum absolute atomic E-state index is 11.8. The first-order valence-corrected chi connectivity index (χ1v) is 8.06. The first-order valence-electron chi connectivity index (χ1n) is 6.00. The van der Waals surface area contributed by atoms with Crippen molar-refractivity contribution in [1.82, 2.24) is 5.32 Å².